The van der Waals surface area contributed by atoms with Gasteiger partial charge in [-0.3, -0.25) is 9.69 Å². The molecule has 1 aromatic rings. The number of likely N-dealkylation sites (N-methyl/N-ethyl adjacent to an activating group) is 1. The third-order valence-corrected chi connectivity index (χ3v) is 7.70. The molecule has 3 aliphatic rings. The molecule has 1 aromatic carbocycles. The molecule has 188 valence electrons. The van der Waals surface area contributed by atoms with Crippen molar-refractivity contribution in [3.63, 3.8) is 0 Å². The number of carbonyl (C=O) groups excluding carboxylic acids is 2. The number of fused-ring (bicyclic) bond motifs is 1. The van der Waals surface area contributed by atoms with Crippen LogP contribution in [0.2, 0.25) is 0 Å². The van der Waals surface area contributed by atoms with Gasteiger partial charge in [-0.15, -0.1) is 0 Å². The van der Waals surface area contributed by atoms with E-state index in [4.69, 9.17) is 9.47 Å². The Hall–Kier alpha value is -2.00. The van der Waals surface area contributed by atoms with E-state index in [-0.39, 0.29) is 24.4 Å². The Labute approximate surface area is 203 Å². The fourth-order valence-electron chi connectivity index (χ4n) is 5.83. The molecule has 3 fully saturated rings. The van der Waals surface area contributed by atoms with Crippen molar-refractivity contribution in [3.05, 3.63) is 35.4 Å². The number of urea groups is 1. The zero-order valence-corrected chi connectivity index (χ0v) is 21.1. The van der Waals surface area contributed by atoms with Crippen molar-refractivity contribution in [2.45, 2.75) is 51.0 Å². The van der Waals surface area contributed by atoms with E-state index in [1.807, 2.05) is 50.2 Å². The van der Waals surface area contributed by atoms with Crippen molar-refractivity contribution in [3.8, 4) is 0 Å². The van der Waals surface area contributed by atoms with Crippen LogP contribution in [0.3, 0.4) is 0 Å². The average molecular weight is 473 g/mol. The molecule has 2 heterocycles. The van der Waals surface area contributed by atoms with E-state index in [0.29, 0.717) is 38.3 Å². The van der Waals surface area contributed by atoms with E-state index < -0.39 is 5.79 Å². The zero-order valence-electron chi connectivity index (χ0n) is 21.1. The van der Waals surface area contributed by atoms with E-state index in [1.165, 1.54) is 4.90 Å². The van der Waals surface area contributed by atoms with Gasteiger partial charge in [0.25, 0.3) is 0 Å². The summed E-state index contributed by atoms with van der Waals surface area (Å²) in [4.78, 5) is 32.8. The molecule has 8 nitrogen and oxygen atoms in total. The summed E-state index contributed by atoms with van der Waals surface area (Å²) < 4.78 is 12.0. The van der Waals surface area contributed by atoms with Crippen LogP contribution in [-0.4, -0.2) is 92.5 Å². The summed E-state index contributed by atoms with van der Waals surface area (Å²) >= 11 is 0. The molecular formula is C26H40N4O4. The molecule has 3 atom stereocenters. The summed E-state index contributed by atoms with van der Waals surface area (Å²) in [6.45, 7) is 5.48. The molecule has 2 aliphatic heterocycles. The summed E-state index contributed by atoms with van der Waals surface area (Å²) in [7, 11) is 6.03. The molecule has 0 radical (unpaired) electrons. The number of rotatable bonds is 6. The van der Waals surface area contributed by atoms with Crippen molar-refractivity contribution in [2.75, 3.05) is 54.0 Å². The van der Waals surface area contributed by atoms with E-state index in [2.05, 4.69) is 17.3 Å². The predicted molar refractivity (Wildman–Crippen MR) is 130 cm³/mol. The molecule has 1 aliphatic carbocycles. The maximum absolute atomic E-state index is 13.9. The number of aryl methyl sites for hydroxylation is 1. The normalized spacial score (nSPS) is 26.4. The van der Waals surface area contributed by atoms with Gasteiger partial charge in [0.1, 0.15) is 0 Å². The average Bonchev–Trinajstić information content (AvgIpc) is 3.24. The molecule has 3 amide bonds. The number of ether oxygens (including phenoxy) is 2. The lowest BCUT2D eigenvalue weighted by molar-refractivity contribution is -0.202. The maximum atomic E-state index is 13.9. The van der Waals surface area contributed by atoms with Gasteiger partial charge >= 0.3 is 6.03 Å². The molecular weight excluding hydrogens is 432 g/mol. The fourth-order valence-corrected chi connectivity index (χ4v) is 5.83. The highest BCUT2D eigenvalue weighted by Crippen LogP contribution is 2.45. The van der Waals surface area contributed by atoms with Gasteiger partial charge in [-0.2, -0.15) is 0 Å². The lowest BCUT2D eigenvalue weighted by atomic mass is 9.72. The number of amides is 3. The van der Waals surface area contributed by atoms with Gasteiger partial charge < -0.3 is 24.6 Å². The molecule has 0 bridgehead atoms. The van der Waals surface area contributed by atoms with Crippen molar-refractivity contribution in [2.24, 2.45) is 11.8 Å². The van der Waals surface area contributed by atoms with Gasteiger partial charge in [0.2, 0.25) is 5.91 Å². The molecule has 34 heavy (non-hydrogen) atoms. The van der Waals surface area contributed by atoms with Crippen LogP contribution in [0.1, 0.15) is 36.8 Å². The Balaban J connectivity index is 1.50. The lowest BCUT2D eigenvalue weighted by Gasteiger charge is -2.49. The number of nitrogens with zero attached hydrogens (tertiary/aromatic N) is 3. The Bertz CT molecular complexity index is 870. The molecule has 1 spiro atoms. The molecule has 1 saturated carbocycles. The van der Waals surface area contributed by atoms with Crippen molar-refractivity contribution >= 4 is 11.9 Å². The Morgan fingerprint density at radius 2 is 1.94 bits per heavy atom. The second kappa shape index (κ2) is 10.7. The highest BCUT2D eigenvalue weighted by molar-refractivity contribution is 5.95. The first-order chi connectivity index (χ1) is 16.3. The molecule has 8 heteroatoms. The minimum absolute atomic E-state index is 0.0937. The number of likely N-dealkylation sites (tertiary alicyclic amines) is 1. The number of benzene rings is 1. The van der Waals surface area contributed by atoms with Gasteiger partial charge in [0, 0.05) is 38.5 Å². The van der Waals surface area contributed by atoms with E-state index in [1.54, 1.807) is 0 Å². The van der Waals surface area contributed by atoms with Crippen molar-refractivity contribution < 1.29 is 19.1 Å². The van der Waals surface area contributed by atoms with Gasteiger partial charge in [-0.1, -0.05) is 24.3 Å². The van der Waals surface area contributed by atoms with Crippen LogP contribution in [0.4, 0.5) is 4.79 Å². The van der Waals surface area contributed by atoms with Gasteiger partial charge in [0.15, 0.2) is 5.79 Å². The number of carbonyl (C=O) groups is 2. The summed E-state index contributed by atoms with van der Waals surface area (Å²) in [5.74, 6) is -0.482. The Morgan fingerprint density at radius 1 is 1.21 bits per heavy atom. The first-order valence-electron chi connectivity index (χ1n) is 12.5. The number of imide groups is 1. The topological polar surface area (TPSA) is 74.4 Å². The van der Waals surface area contributed by atoms with E-state index in [9.17, 15) is 9.59 Å². The summed E-state index contributed by atoms with van der Waals surface area (Å²) in [5.41, 5.74) is 2.07. The van der Waals surface area contributed by atoms with Gasteiger partial charge in [-0.05, 0) is 58.0 Å². The van der Waals surface area contributed by atoms with E-state index >= 15 is 0 Å². The molecule has 1 N–H and O–H groups in total. The predicted octanol–water partition coefficient (Wildman–Crippen LogP) is 2.46. The van der Waals surface area contributed by atoms with Crippen molar-refractivity contribution in [1.82, 2.24) is 20.0 Å². The molecule has 4 rings (SSSR count). The monoisotopic (exact) mass is 472 g/mol. The number of nitrogens with one attached hydrogen (secondary N) is 1. The quantitative estimate of drug-likeness (QED) is 0.686. The van der Waals surface area contributed by atoms with Crippen LogP contribution in [0.15, 0.2) is 24.3 Å². The minimum atomic E-state index is -0.475. The van der Waals surface area contributed by atoms with Crippen LogP contribution in [0.5, 0.6) is 0 Å². The second-order valence-corrected chi connectivity index (χ2v) is 10.4. The molecule has 2 saturated heterocycles. The third-order valence-electron chi connectivity index (χ3n) is 7.70. The fraction of sp³-hybridized carbons (Fsp3) is 0.692. The minimum Gasteiger partial charge on any atom is -0.348 e. The maximum Gasteiger partial charge on any atom is 0.324 e. The lowest BCUT2D eigenvalue weighted by Crippen LogP contribution is -2.57. The van der Waals surface area contributed by atoms with Gasteiger partial charge in [-0.25, -0.2) is 4.79 Å². The number of piperidine rings is 1. The molecule has 0 aromatic heterocycles. The summed E-state index contributed by atoms with van der Waals surface area (Å²) in [5, 5.41) is 2.95. The van der Waals surface area contributed by atoms with Crippen LogP contribution in [-0.2, 0) is 20.8 Å². The molecule has 0 unspecified atom stereocenters. The number of hydrogen-bond acceptors (Lipinski definition) is 6. The van der Waals surface area contributed by atoms with Crippen LogP contribution >= 0.6 is 0 Å². The zero-order chi connectivity index (χ0) is 24.3. The first-order valence-corrected chi connectivity index (χ1v) is 12.5. The Morgan fingerprint density at radius 3 is 2.65 bits per heavy atom. The highest BCUT2D eigenvalue weighted by atomic mass is 16.7. The summed E-state index contributed by atoms with van der Waals surface area (Å²) in [6.07, 6.45) is 3.50. The second-order valence-electron chi connectivity index (χ2n) is 10.4. The first kappa shape index (κ1) is 25.1. The van der Waals surface area contributed by atoms with Crippen LogP contribution < -0.4 is 5.32 Å². The standard InChI is InChI=1S/C26H40N4O4/c1-19-7-5-6-8-20(19)18-30(25(32)27-11-12-28(2)3)24(31)22-15-21-16-26(33-13-14-34-26)10-9-23(21)29(4)17-22/h5-8,21-23H,9-18H2,1-4H3,(H,27,32)/t21-,22-,23-/m1/s1. The van der Waals surface area contributed by atoms with Crippen LogP contribution in [0.25, 0.3) is 0 Å². The highest BCUT2D eigenvalue weighted by Gasteiger charge is 2.49. The van der Waals surface area contributed by atoms with Crippen LogP contribution in [0, 0.1) is 18.8 Å². The largest absolute Gasteiger partial charge is 0.348 e. The van der Waals surface area contributed by atoms with E-state index in [0.717, 1.165) is 43.4 Å². The Kier molecular flexibility index (Phi) is 7.92. The number of hydrogen-bond donors (Lipinski definition) is 1. The third kappa shape index (κ3) is 5.62. The van der Waals surface area contributed by atoms with Gasteiger partial charge in [0.05, 0.1) is 25.7 Å². The SMILES string of the molecule is Cc1ccccc1CN(C(=O)NCCN(C)C)C(=O)[C@@H]1C[C@@H]2CC3(CC[C@H]2N(C)C1)OCCO3. The van der Waals surface area contributed by atoms with Crippen molar-refractivity contribution in [1.29, 1.82) is 0 Å². The smallest absolute Gasteiger partial charge is 0.324 e. The summed E-state index contributed by atoms with van der Waals surface area (Å²) in [6, 6.07) is 8.06.